The Bertz CT molecular complexity index is 1030. The molecule has 0 aromatic carbocycles. The predicted octanol–water partition coefficient (Wildman–Crippen LogP) is 2.38. The van der Waals surface area contributed by atoms with Crippen molar-refractivity contribution in [2.75, 3.05) is 33.8 Å². The van der Waals surface area contributed by atoms with Crippen LogP contribution in [-0.2, 0) is 14.3 Å². The van der Waals surface area contributed by atoms with Crippen molar-refractivity contribution in [2.24, 2.45) is 0 Å². The van der Waals surface area contributed by atoms with Crippen LogP contribution in [0.1, 0.15) is 46.0 Å². The lowest BCUT2D eigenvalue weighted by Gasteiger charge is -2.24. The van der Waals surface area contributed by atoms with E-state index in [-0.39, 0.29) is 30.2 Å². The van der Waals surface area contributed by atoms with E-state index in [4.69, 9.17) is 9.15 Å². The number of H-pyrrole nitrogens is 1. The molecule has 3 heterocycles. The molecule has 2 N–H and O–H groups in total. The molecule has 1 amide bonds. The summed E-state index contributed by atoms with van der Waals surface area (Å²) in [6.45, 7) is 6.03. The normalized spacial score (nSPS) is 18.3. The van der Waals surface area contributed by atoms with Crippen LogP contribution in [0.2, 0.25) is 0 Å². The van der Waals surface area contributed by atoms with Crippen LogP contribution < -0.4 is 0 Å². The number of amides is 1. The molecule has 0 bridgehead atoms. The molecule has 9 heteroatoms. The molecule has 2 aromatic heterocycles. The quantitative estimate of drug-likeness (QED) is 0.300. The number of furan rings is 1. The van der Waals surface area contributed by atoms with Gasteiger partial charge >= 0.3 is 5.97 Å². The highest BCUT2D eigenvalue weighted by atomic mass is 16.5. The molecule has 1 aliphatic rings. The van der Waals surface area contributed by atoms with Gasteiger partial charge in [0.1, 0.15) is 23.3 Å². The van der Waals surface area contributed by atoms with E-state index in [0.29, 0.717) is 29.1 Å². The number of hydrogen-bond donors (Lipinski definition) is 2. The maximum atomic E-state index is 13.0. The molecule has 31 heavy (non-hydrogen) atoms. The summed E-state index contributed by atoms with van der Waals surface area (Å²) >= 11 is 0. The van der Waals surface area contributed by atoms with Crippen molar-refractivity contribution in [2.45, 2.75) is 26.8 Å². The lowest BCUT2D eigenvalue weighted by Crippen LogP contribution is -2.35. The molecule has 1 fully saturated rings. The van der Waals surface area contributed by atoms with E-state index in [1.165, 1.54) is 11.2 Å². The number of aliphatic hydroxyl groups is 1. The highest BCUT2D eigenvalue weighted by Crippen LogP contribution is 2.40. The van der Waals surface area contributed by atoms with Crippen molar-refractivity contribution in [3.8, 4) is 0 Å². The molecule has 1 saturated heterocycles. The first-order chi connectivity index (χ1) is 14.7. The van der Waals surface area contributed by atoms with Crippen LogP contribution in [0.5, 0.6) is 0 Å². The van der Waals surface area contributed by atoms with Crippen LogP contribution in [0.25, 0.3) is 5.76 Å². The summed E-state index contributed by atoms with van der Waals surface area (Å²) in [7, 11) is 3.73. The number of carbonyl (C=O) groups excluding carboxylic acids is 3. The average Bonchev–Trinajstić information content (AvgIpc) is 3.39. The van der Waals surface area contributed by atoms with E-state index in [2.05, 4.69) is 4.98 Å². The number of aromatic nitrogens is 1. The lowest BCUT2D eigenvalue weighted by atomic mass is 9.97. The number of Topliss-reactive ketones (excluding diaryl/α,β-unsaturated/α-hetero) is 1. The number of nitrogens with one attached hydrogen (secondary N) is 1. The van der Waals surface area contributed by atoms with Gasteiger partial charge in [-0.2, -0.15) is 0 Å². The number of likely N-dealkylation sites (tertiary alicyclic amines) is 1. The minimum absolute atomic E-state index is 0.0701. The van der Waals surface area contributed by atoms with Gasteiger partial charge in [-0.3, -0.25) is 9.59 Å². The molecule has 9 nitrogen and oxygen atoms in total. The van der Waals surface area contributed by atoms with Crippen molar-refractivity contribution in [3.05, 3.63) is 52.2 Å². The molecule has 1 aliphatic heterocycles. The summed E-state index contributed by atoms with van der Waals surface area (Å²) in [5.74, 6) is -2.04. The number of ether oxygens (including phenoxy) is 1. The Morgan fingerprint density at radius 1 is 1.32 bits per heavy atom. The van der Waals surface area contributed by atoms with Gasteiger partial charge in [-0.1, -0.05) is 0 Å². The maximum absolute atomic E-state index is 13.0. The Morgan fingerprint density at radius 3 is 2.61 bits per heavy atom. The van der Waals surface area contributed by atoms with Crippen molar-refractivity contribution in [1.82, 2.24) is 14.8 Å². The largest absolute Gasteiger partial charge is 0.507 e. The minimum atomic E-state index is -0.866. The summed E-state index contributed by atoms with van der Waals surface area (Å²) in [5, 5.41) is 11.2. The number of rotatable bonds is 7. The van der Waals surface area contributed by atoms with Crippen molar-refractivity contribution in [3.63, 3.8) is 0 Å². The fourth-order valence-electron chi connectivity index (χ4n) is 3.81. The van der Waals surface area contributed by atoms with Crippen molar-refractivity contribution >= 4 is 23.4 Å². The van der Waals surface area contributed by atoms with Crippen LogP contribution >= 0.6 is 0 Å². The number of ketones is 1. The number of aliphatic hydroxyl groups excluding tert-OH is 1. The summed E-state index contributed by atoms with van der Waals surface area (Å²) in [6.07, 6.45) is 1.45. The summed E-state index contributed by atoms with van der Waals surface area (Å²) < 4.78 is 10.6. The first-order valence-electron chi connectivity index (χ1n) is 10.0. The van der Waals surface area contributed by atoms with Crippen molar-refractivity contribution in [1.29, 1.82) is 0 Å². The third kappa shape index (κ3) is 4.00. The summed E-state index contributed by atoms with van der Waals surface area (Å²) in [6, 6.07) is 2.45. The Morgan fingerprint density at radius 2 is 2.03 bits per heavy atom. The molecule has 0 radical (unpaired) electrons. The summed E-state index contributed by atoms with van der Waals surface area (Å²) in [5.41, 5.74) is 1.34. The zero-order chi connectivity index (χ0) is 22.9. The molecule has 3 rings (SSSR count). The molecule has 2 aromatic rings. The molecule has 0 spiro atoms. The van der Waals surface area contributed by atoms with E-state index >= 15 is 0 Å². The first-order valence-corrected chi connectivity index (χ1v) is 10.0. The molecule has 166 valence electrons. The number of nitrogens with zero attached hydrogens (tertiary/aromatic N) is 2. The average molecular weight is 429 g/mol. The van der Waals surface area contributed by atoms with Crippen LogP contribution in [0.15, 0.2) is 28.4 Å². The van der Waals surface area contributed by atoms with E-state index in [1.807, 2.05) is 19.0 Å². The fraction of sp³-hybridized carbons (Fsp3) is 0.409. The Hall–Kier alpha value is -3.33. The van der Waals surface area contributed by atoms with Gasteiger partial charge < -0.3 is 29.0 Å². The lowest BCUT2D eigenvalue weighted by molar-refractivity contribution is -0.140. The van der Waals surface area contributed by atoms with Crippen LogP contribution in [0, 0.1) is 13.8 Å². The SMILES string of the molecule is CCOC(=O)c1[nH]c(C)c(C(O)=C2C(=O)C(=O)N(CCN(C)C)[C@@H]2c2ccco2)c1C. The van der Waals surface area contributed by atoms with E-state index in [9.17, 15) is 19.5 Å². The van der Waals surface area contributed by atoms with E-state index in [0.717, 1.165) is 0 Å². The molecule has 0 saturated carbocycles. The molecule has 0 aliphatic carbocycles. The first kappa shape index (κ1) is 22.4. The zero-order valence-electron chi connectivity index (χ0n) is 18.3. The van der Waals surface area contributed by atoms with Gasteiger partial charge in [0, 0.05) is 24.3 Å². The second-order valence-corrected chi connectivity index (χ2v) is 7.66. The highest BCUT2D eigenvalue weighted by molar-refractivity contribution is 6.46. The smallest absolute Gasteiger partial charge is 0.355 e. The van der Waals surface area contributed by atoms with Gasteiger partial charge in [-0.15, -0.1) is 0 Å². The number of carbonyl (C=O) groups is 3. The molecule has 0 unspecified atom stereocenters. The highest BCUT2D eigenvalue weighted by Gasteiger charge is 2.47. The van der Waals surface area contributed by atoms with Crippen molar-refractivity contribution < 1.29 is 28.6 Å². The Balaban J connectivity index is 2.15. The van der Waals surface area contributed by atoms with Gasteiger partial charge in [0.25, 0.3) is 11.7 Å². The Labute approximate surface area is 180 Å². The second kappa shape index (κ2) is 8.81. The number of esters is 1. The topological polar surface area (TPSA) is 116 Å². The molecule has 1 atom stereocenters. The standard InChI is InChI=1S/C22H27N3O6/c1-6-30-22(29)17-12(2)15(13(3)23-17)19(26)16-18(14-8-7-11-31-14)25(10-9-24(4)5)21(28)20(16)27/h7-8,11,18,23,26H,6,9-10H2,1-5H3/t18-/m1/s1. The fourth-order valence-corrected chi connectivity index (χ4v) is 3.81. The van der Waals surface area contributed by atoms with Gasteiger partial charge in [0.2, 0.25) is 0 Å². The van der Waals surface area contributed by atoms with Gasteiger partial charge in [-0.05, 0) is 52.6 Å². The molecular formula is C22H27N3O6. The second-order valence-electron chi connectivity index (χ2n) is 7.66. The number of hydrogen-bond acceptors (Lipinski definition) is 7. The van der Waals surface area contributed by atoms with Gasteiger partial charge in [-0.25, -0.2) is 4.79 Å². The molecular weight excluding hydrogens is 402 g/mol. The van der Waals surface area contributed by atoms with Crippen LogP contribution in [0.4, 0.5) is 0 Å². The van der Waals surface area contributed by atoms with Gasteiger partial charge in [0.05, 0.1) is 18.4 Å². The van der Waals surface area contributed by atoms with Crippen LogP contribution in [0.3, 0.4) is 0 Å². The van der Waals surface area contributed by atoms with Gasteiger partial charge in [0.15, 0.2) is 0 Å². The third-order valence-electron chi connectivity index (χ3n) is 5.29. The van der Waals surface area contributed by atoms with E-state index < -0.39 is 23.7 Å². The Kier molecular flexibility index (Phi) is 6.35. The predicted molar refractivity (Wildman–Crippen MR) is 112 cm³/mol. The monoisotopic (exact) mass is 429 g/mol. The maximum Gasteiger partial charge on any atom is 0.355 e. The zero-order valence-corrected chi connectivity index (χ0v) is 18.3. The minimum Gasteiger partial charge on any atom is -0.507 e. The number of aromatic amines is 1. The number of aryl methyl sites for hydroxylation is 1. The number of likely N-dealkylation sites (N-methyl/N-ethyl adjacent to an activating group) is 1. The third-order valence-corrected chi connectivity index (χ3v) is 5.29. The van der Waals surface area contributed by atoms with E-state index in [1.54, 1.807) is 32.9 Å². The summed E-state index contributed by atoms with van der Waals surface area (Å²) in [4.78, 5) is 44.3. The van der Waals surface area contributed by atoms with Crippen LogP contribution in [-0.4, -0.2) is 71.3 Å².